The number of aromatic nitrogens is 1. The number of hydrogen-bond acceptors (Lipinski definition) is 4. The molecule has 0 fully saturated rings. The zero-order valence-corrected chi connectivity index (χ0v) is 15.4. The van der Waals surface area contributed by atoms with Gasteiger partial charge in [-0.25, -0.2) is 4.98 Å². The van der Waals surface area contributed by atoms with Gasteiger partial charge in [0.15, 0.2) is 5.76 Å². The first kappa shape index (κ1) is 16.7. The van der Waals surface area contributed by atoms with E-state index < -0.39 is 0 Å². The van der Waals surface area contributed by atoms with E-state index in [1.807, 2.05) is 66.9 Å². The quantitative estimate of drug-likeness (QED) is 0.388. The molecule has 2 aromatic carbocycles. The molecule has 0 saturated heterocycles. The summed E-state index contributed by atoms with van der Waals surface area (Å²) in [4.78, 5) is 4.65. The molecule has 0 aliphatic rings. The molecule has 2 heterocycles. The van der Waals surface area contributed by atoms with Crippen LogP contribution in [0.2, 0.25) is 5.02 Å². The summed E-state index contributed by atoms with van der Waals surface area (Å²) in [5, 5.41) is 12.0. The lowest BCUT2D eigenvalue weighted by molar-refractivity contribution is 0.628. The van der Waals surface area contributed by atoms with Gasteiger partial charge in [-0.05, 0) is 42.2 Å². The van der Waals surface area contributed by atoms with Crippen molar-refractivity contribution in [1.82, 2.24) is 4.98 Å². The molecule has 0 N–H and O–H groups in total. The number of nitrogens with zero attached hydrogens (tertiary/aromatic N) is 2. The van der Waals surface area contributed by atoms with Gasteiger partial charge in [-0.3, -0.25) is 0 Å². The van der Waals surface area contributed by atoms with Crippen LogP contribution in [-0.2, 0) is 0 Å². The molecular weight excluding hydrogens is 364 g/mol. The van der Waals surface area contributed by atoms with Crippen molar-refractivity contribution in [3.63, 3.8) is 0 Å². The maximum atomic E-state index is 9.67. The summed E-state index contributed by atoms with van der Waals surface area (Å²) in [5.74, 6) is 0.682. The molecule has 0 bridgehead atoms. The smallest absolute Gasteiger partial charge is 0.153 e. The molecule has 0 atom stereocenters. The van der Waals surface area contributed by atoms with Crippen molar-refractivity contribution in [1.29, 1.82) is 5.26 Å². The highest BCUT2D eigenvalue weighted by Crippen LogP contribution is 2.35. The molecular formula is C21H13ClN2OS. The van der Waals surface area contributed by atoms with Gasteiger partial charge in [-0.15, -0.1) is 11.8 Å². The molecule has 0 aliphatic carbocycles. The number of thioether (sulfide) groups is 1. The van der Waals surface area contributed by atoms with Crippen molar-refractivity contribution in [2.45, 2.75) is 5.03 Å². The predicted molar refractivity (Wildman–Crippen MR) is 106 cm³/mol. The van der Waals surface area contributed by atoms with Gasteiger partial charge in [0.1, 0.15) is 22.4 Å². The monoisotopic (exact) mass is 376 g/mol. The third kappa shape index (κ3) is 2.96. The third-order valence-corrected chi connectivity index (χ3v) is 5.06. The molecule has 126 valence electrons. The minimum absolute atomic E-state index is 0.555. The summed E-state index contributed by atoms with van der Waals surface area (Å²) in [7, 11) is 0. The van der Waals surface area contributed by atoms with Crippen LogP contribution in [0.1, 0.15) is 5.56 Å². The summed E-state index contributed by atoms with van der Waals surface area (Å²) in [5.41, 5.74) is 3.81. The van der Waals surface area contributed by atoms with Crippen molar-refractivity contribution < 1.29 is 4.42 Å². The number of fused-ring (bicyclic) bond motifs is 1. The van der Waals surface area contributed by atoms with Gasteiger partial charge in [-0.2, -0.15) is 5.26 Å². The fourth-order valence-corrected chi connectivity index (χ4v) is 3.54. The first-order valence-corrected chi connectivity index (χ1v) is 9.54. The molecule has 4 aromatic rings. The predicted octanol–water partition coefficient (Wildman–Crippen LogP) is 6.41. The minimum Gasteiger partial charge on any atom is -0.454 e. The second-order valence-corrected chi connectivity index (χ2v) is 6.94. The van der Waals surface area contributed by atoms with Crippen LogP contribution >= 0.6 is 23.4 Å². The summed E-state index contributed by atoms with van der Waals surface area (Å²) < 4.78 is 5.96. The van der Waals surface area contributed by atoms with E-state index in [0.717, 1.165) is 22.1 Å². The van der Waals surface area contributed by atoms with Crippen molar-refractivity contribution in [3.8, 4) is 28.7 Å². The second-order valence-electron chi connectivity index (χ2n) is 5.71. The number of halogens is 1. The van der Waals surface area contributed by atoms with E-state index in [2.05, 4.69) is 11.1 Å². The van der Waals surface area contributed by atoms with Gasteiger partial charge < -0.3 is 4.42 Å². The van der Waals surface area contributed by atoms with Crippen LogP contribution < -0.4 is 0 Å². The summed E-state index contributed by atoms with van der Waals surface area (Å²) in [6.07, 6.45) is 1.91. The van der Waals surface area contributed by atoms with Crippen LogP contribution in [0.25, 0.3) is 33.6 Å². The largest absolute Gasteiger partial charge is 0.454 e. The van der Waals surface area contributed by atoms with E-state index in [0.29, 0.717) is 27.1 Å². The molecule has 2 aromatic heterocycles. The van der Waals surface area contributed by atoms with Gasteiger partial charge in [-0.1, -0.05) is 41.9 Å². The van der Waals surface area contributed by atoms with E-state index in [-0.39, 0.29) is 0 Å². The van der Waals surface area contributed by atoms with Crippen LogP contribution in [0, 0.1) is 11.3 Å². The number of furan rings is 1. The molecule has 0 amide bonds. The topological polar surface area (TPSA) is 49.8 Å². The Morgan fingerprint density at radius 3 is 2.54 bits per heavy atom. The standard InChI is InChI=1S/C21H13ClN2OS/c1-26-21-17(12-23)16(13-6-8-15(22)9-7-13)11-18(24-21)20-10-14-4-2-3-5-19(14)25-20/h2-11H,1H3. The molecule has 0 aliphatic heterocycles. The molecule has 0 saturated carbocycles. The zero-order valence-electron chi connectivity index (χ0n) is 13.9. The average Bonchev–Trinajstić information content (AvgIpc) is 3.11. The number of para-hydroxylation sites is 1. The summed E-state index contributed by atoms with van der Waals surface area (Å²) >= 11 is 7.45. The number of nitriles is 1. The number of hydrogen-bond donors (Lipinski definition) is 0. The van der Waals surface area contributed by atoms with Gasteiger partial charge in [0.05, 0.1) is 5.56 Å². The normalized spacial score (nSPS) is 10.8. The Hall–Kier alpha value is -2.74. The molecule has 0 unspecified atom stereocenters. The molecule has 3 nitrogen and oxygen atoms in total. The first-order chi connectivity index (χ1) is 12.7. The number of rotatable bonds is 3. The lowest BCUT2D eigenvalue weighted by atomic mass is 10.0. The fourth-order valence-electron chi connectivity index (χ4n) is 2.87. The van der Waals surface area contributed by atoms with Crippen LogP contribution in [0.4, 0.5) is 0 Å². The van der Waals surface area contributed by atoms with Crippen LogP contribution in [0.5, 0.6) is 0 Å². The third-order valence-electron chi connectivity index (χ3n) is 4.12. The number of pyridine rings is 1. The highest BCUT2D eigenvalue weighted by Gasteiger charge is 2.17. The average molecular weight is 377 g/mol. The molecule has 0 spiro atoms. The first-order valence-electron chi connectivity index (χ1n) is 7.93. The van der Waals surface area contributed by atoms with Gasteiger partial charge >= 0.3 is 0 Å². The Bertz CT molecular complexity index is 1110. The highest BCUT2D eigenvalue weighted by atomic mass is 35.5. The molecule has 0 radical (unpaired) electrons. The Morgan fingerprint density at radius 2 is 1.85 bits per heavy atom. The number of benzene rings is 2. The molecule has 5 heteroatoms. The van der Waals surface area contributed by atoms with Crippen molar-refractivity contribution in [2.75, 3.05) is 6.26 Å². The Labute approximate surface area is 160 Å². The van der Waals surface area contributed by atoms with Crippen molar-refractivity contribution >= 4 is 34.3 Å². The van der Waals surface area contributed by atoms with Gasteiger partial charge in [0.25, 0.3) is 0 Å². The van der Waals surface area contributed by atoms with E-state index in [4.69, 9.17) is 16.0 Å². The SMILES string of the molecule is CSc1nc(-c2cc3ccccc3o2)cc(-c2ccc(Cl)cc2)c1C#N. The fraction of sp³-hybridized carbons (Fsp3) is 0.0476. The van der Waals surface area contributed by atoms with Crippen LogP contribution in [0.3, 0.4) is 0 Å². The van der Waals surface area contributed by atoms with Gasteiger partial charge in [0, 0.05) is 16.0 Å². The minimum atomic E-state index is 0.555. The van der Waals surface area contributed by atoms with E-state index >= 15 is 0 Å². The second kappa shape index (κ2) is 6.87. The van der Waals surface area contributed by atoms with E-state index in [9.17, 15) is 5.26 Å². The maximum absolute atomic E-state index is 9.67. The summed E-state index contributed by atoms with van der Waals surface area (Å²) in [6.45, 7) is 0. The van der Waals surface area contributed by atoms with Crippen LogP contribution in [0.15, 0.2) is 70.1 Å². The van der Waals surface area contributed by atoms with Gasteiger partial charge in [0.2, 0.25) is 0 Å². The molecule has 4 rings (SSSR count). The van der Waals surface area contributed by atoms with E-state index in [1.54, 1.807) is 0 Å². The Balaban J connectivity index is 1.94. The lowest BCUT2D eigenvalue weighted by Crippen LogP contribution is -1.94. The maximum Gasteiger partial charge on any atom is 0.153 e. The highest BCUT2D eigenvalue weighted by molar-refractivity contribution is 7.98. The van der Waals surface area contributed by atoms with E-state index in [1.165, 1.54) is 11.8 Å². The zero-order chi connectivity index (χ0) is 18.1. The van der Waals surface area contributed by atoms with Crippen molar-refractivity contribution in [3.05, 3.63) is 71.2 Å². The van der Waals surface area contributed by atoms with Crippen molar-refractivity contribution in [2.24, 2.45) is 0 Å². The summed E-state index contributed by atoms with van der Waals surface area (Å²) in [6, 6.07) is 21.5. The lowest BCUT2D eigenvalue weighted by Gasteiger charge is -2.10. The molecule has 26 heavy (non-hydrogen) atoms. The van der Waals surface area contributed by atoms with Crippen LogP contribution in [-0.4, -0.2) is 11.2 Å². The Morgan fingerprint density at radius 1 is 1.08 bits per heavy atom. The Kier molecular flexibility index (Phi) is 4.42.